The zero-order valence-electron chi connectivity index (χ0n) is 12.3. The second-order valence-electron chi connectivity index (χ2n) is 4.69. The number of carbonyl (C=O) groups is 1. The first-order valence-corrected chi connectivity index (χ1v) is 6.79. The van der Waals surface area contributed by atoms with Gasteiger partial charge in [-0.1, -0.05) is 5.21 Å². The van der Waals surface area contributed by atoms with Crippen LogP contribution in [0.3, 0.4) is 0 Å². The second kappa shape index (κ2) is 7.12. The first-order chi connectivity index (χ1) is 10.9. The molecule has 2 aromatic rings. The molecule has 0 aliphatic carbocycles. The van der Waals surface area contributed by atoms with Crippen molar-refractivity contribution < 1.29 is 22.7 Å². The van der Waals surface area contributed by atoms with Crippen molar-refractivity contribution in [1.29, 1.82) is 0 Å². The Morgan fingerprint density at radius 3 is 2.78 bits per heavy atom. The summed E-state index contributed by atoms with van der Waals surface area (Å²) in [6.07, 6.45) is -0.634. The largest absolute Gasteiger partial charge is 0.496 e. The van der Waals surface area contributed by atoms with Crippen molar-refractivity contribution in [3.05, 3.63) is 41.7 Å². The van der Waals surface area contributed by atoms with Crippen LogP contribution in [-0.4, -0.2) is 34.6 Å². The fourth-order valence-corrected chi connectivity index (χ4v) is 1.95. The minimum atomic E-state index is -4.49. The lowest BCUT2D eigenvalue weighted by molar-refractivity contribution is -0.137. The maximum absolute atomic E-state index is 12.7. The standard InChI is InChI=1S/C14H15F3N4O2/c1-23-12-9-10(14(15,16)17)3-4-11(12)13(22)18-5-2-7-21-8-6-19-20-21/h3-4,6,8-9H,2,5,7H2,1H3,(H,18,22). The molecule has 0 spiro atoms. The molecule has 1 heterocycles. The van der Waals surface area contributed by atoms with Gasteiger partial charge >= 0.3 is 6.18 Å². The van der Waals surface area contributed by atoms with Crippen molar-refractivity contribution >= 4 is 5.91 Å². The highest BCUT2D eigenvalue weighted by Gasteiger charge is 2.31. The Morgan fingerprint density at radius 1 is 1.39 bits per heavy atom. The Bertz CT molecular complexity index is 657. The first kappa shape index (κ1) is 16.8. The van der Waals surface area contributed by atoms with Gasteiger partial charge < -0.3 is 10.1 Å². The van der Waals surface area contributed by atoms with E-state index in [4.69, 9.17) is 4.74 Å². The van der Waals surface area contributed by atoms with E-state index in [1.54, 1.807) is 17.1 Å². The van der Waals surface area contributed by atoms with Crippen molar-refractivity contribution in [2.24, 2.45) is 0 Å². The second-order valence-corrected chi connectivity index (χ2v) is 4.69. The highest BCUT2D eigenvalue weighted by atomic mass is 19.4. The quantitative estimate of drug-likeness (QED) is 0.825. The number of methoxy groups -OCH3 is 1. The van der Waals surface area contributed by atoms with Crippen LogP contribution in [0, 0.1) is 0 Å². The Balaban J connectivity index is 1.95. The van der Waals surface area contributed by atoms with Gasteiger partial charge in [0.1, 0.15) is 5.75 Å². The third-order valence-electron chi connectivity index (χ3n) is 3.09. The number of ether oxygens (including phenoxy) is 1. The van der Waals surface area contributed by atoms with Gasteiger partial charge in [-0.25, -0.2) is 0 Å². The number of aromatic nitrogens is 3. The molecule has 0 radical (unpaired) electrons. The zero-order chi connectivity index (χ0) is 16.9. The van der Waals surface area contributed by atoms with E-state index in [1.807, 2.05) is 0 Å². The fraction of sp³-hybridized carbons (Fsp3) is 0.357. The predicted octanol–water partition coefficient (Wildman–Crippen LogP) is 2.13. The van der Waals surface area contributed by atoms with Gasteiger partial charge in [-0.05, 0) is 24.6 Å². The molecule has 1 amide bonds. The van der Waals surface area contributed by atoms with Gasteiger partial charge in [0, 0.05) is 19.3 Å². The van der Waals surface area contributed by atoms with E-state index in [2.05, 4.69) is 15.6 Å². The Hall–Kier alpha value is -2.58. The lowest BCUT2D eigenvalue weighted by Crippen LogP contribution is -2.26. The van der Waals surface area contributed by atoms with E-state index < -0.39 is 17.6 Å². The average molecular weight is 328 g/mol. The minimum absolute atomic E-state index is 0.0567. The highest BCUT2D eigenvalue weighted by Crippen LogP contribution is 2.32. The number of hydrogen-bond acceptors (Lipinski definition) is 4. The summed E-state index contributed by atoms with van der Waals surface area (Å²) in [6, 6.07) is 2.77. The lowest BCUT2D eigenvalue weighted by atomic mass is 10.1. The molecule has 9 heteroatoms. The number of alkyl halides is 3. The van der Waals surface area contributed by atoms with Gasteiger partial charge in [0.05, 0.1) is 24.4 Å². The van der Waals surface area contributed by atoms with Crippen molar-refractivity contribution in [2.45, 2.75) is 19.1 Å². The third kappa shape index (κ3) is 4.44. The molecule has 0 saturated carbocycles. The molecule has 1 aromatic carbocycles. The van der Waals surface area contributed by atoms with Crippen LogP contribution in [0.2, 0.25) is 0 Å². The monoisotopic (exact) mass is 328 g/mol. The summed E-state index contributed by atoms with van der Waals surface area (Å²) in [5, 5.41) is 10.1. The van der Waals surface area contributed by atoms with Crippen LogP contribution in [0.1, 0.15) is 22.3 Å². The highest BCUT2D eigenvalue weighted by molar-refractivity contribution is 5.97. The average Bonchev–Trinajstić information content (AvgIpc) is 3.03. The zero-order valence-corrected chi connectivity index (χ0v) is 12.3. The summed E-state index contributed by atoms with van der Waals surface area (Å²) >= 11 is 0. The van der Waals surface area contributed by atoms with Crippen molar-refractivity contribution in [3.8, 4) is 5.75 Å². The van der Waals surface area contributed by atoms with Crippen molar-refractivity contribution in [2.75, 3.05) is 13.7 Å². The molecule has 1 N–H and O–H groups in total. The van der Waals surface area contributed by atoms with Crippen molar-refractivity contribution in [1.82, 2.24) is 20.3 Å². The Labute approximate surface area is 130 Å². The van der Waals surface area contributed by atoms with Crippen LogP contribution in [0.25, 0.3) is 0 Å². The van der Waals surface area contributed by atoms with Gasteiger partial charge in [0.15, 0.2) is 0 Å². The number of halogens is 3. The normalized spacial score (nSPS) is 11.3. The van der Waals surface area contributed by atoms with Crippen LogP contribution in [0.5, 0.6) is 5.75 Å². The smallest absolute Gasteiger partial charge is 0.416 e. The maximum Gasteiger partial charge on any atom is 0.416 e. The third-order valence-corrected chi connectivity index (χ3v) is 3.09. The van der Waals surface area contributed by atoms with Gasteiger partial charge in [-0.2, -0.15) is 13.2 Å². The van der Waals surface area contributed by atoms with Crippen molar-refractivity contribution in [3.63, 3.8) is 0 Å². The molecule has 0 atom stereocenters. The van der Waals surface area contributed by atoms with E-state index in [9.17, 15) is 18.0 Å². The molecule has 23 heavy (non-hydrogen) atoms. The van der Waals surface area contributed by atoms with Crippen LogP contribution in [0.4, 0.5) is 13.2 Å². The van der Waals surface area contributed by atoms with Gasteiger partial charge in [-0.15, -0.1) is 5.10 Å². The van der Waals surface area contributed by atoms with E-state index in [0.29, 0.717) is 19.5 Å². The molecule has 0 fully saturated rings. The topological polar surface area (TPSA) is 69.0 Å². The molecule has 0 bridgehead atoms. The Kier molecular flexibility index (Phi) is 5.20. The summed E-state index contributed by atoms with van der Waals surface area (Å²) in [4.78, 5) is 12.0. The minimum Gasteiger partial charge on any atom is -0.496 e. The SMILES string of the molecule is COc1cc(C(F)(F)F)ccc1C(=O)NCCCn1ccnn1. The first-order valence-electron chi connectivity index (χ1n) is 6.79. The number of carbonyl (C=O) groups excluding carboxylic acids is 1. The fourth-order valence-electron chi connectivity index (χ4n) is 1.95. The molecule has 0 unspecified atom stereocenters. The lowest BCUT2D eigenvalue weighted by Gasteiger charge is -2.12. The molecule has 0 aliphatic heterocycles. The summed E-state index contributed by atoms with van der Waals surface area (Å²) in [6.45, 7) is 0.924. The van der Waals surface area contributed by atoms with Gasteiger partial charge in [0.2, 0.25) is 0 Å². The number of nitrogens with zero attached hydrogens (tertiary/aromatic N) is 3. The maximum atomic E-state index is 12.7. The number of nitrogens with one attached hydrogen (secondary N) is 1. The molecule has 1 aromatic heterocycles. The van der Waals surface area contributed by atoms with Gasteiger partial charge in [0.25, 0.3) is 5.91 Å². The molecule has 0 saturated heterocycles. The molecular formula is C14H15F3N4O2. The number of hydrogen-bond donors (Lipinski definition) is 1. The van der Waals surface area contributed by atoms with Crippen LogP contribution < -0.4 is 10.1 Å². The van der Waals surface area contributed by atoms with Crippen LogP contribution >= 0.6 is 0 Å². The molecule has 2 rings (SSSR count). The van der Waals surface area contributed by atoms with E-state index in [1.165, 1.54) is 7.11 Å². The molecule has 0 aliphatic rings. The Morgan fingerprint density at radius 2 is 2.17 bits per heavy atom. The number of rotatable bonds is 6. The molecule has 6 nitrogen and oxygen atoms in total. The molecular weight excluding hydrogens is 313 g/mol. The summed E-state index contributed by atoms with van der Waals surface area (Å²) in [7, 11) is 1.22. The summed E-state index contributed by atoms with van der Waals surface area (Å²) in [5.74, 6) is -0.609. The van der Waals surface area contributed by atoms with Crippen LogP contribution in [0.15, 0.2) is 30.6 Å². The molecule has 124 valence electrons. The van der Waals surface area contributed by atoms with Crippen LogP contribution in [-0.2, 0) is 12.7 Å². The number of amides is 1. The van der Waals surface area contributed by atoms with E-state index in [0.717, 1.165) is 18.2 Å². The summed E-state index contributed by atoms with van der Waals surface area (Å²) in [5.41, 5.74) is -0.807. The van der Waals surface area contributed by atoms with E-state index in [-0.39, 0.29) is 11.3 Å². The number of aryl methyl sites for hydroxylation is 1. The predicted molar refractivity (Wildman–Crippen MR) is 75.0 cm³/mol. The summed E-state index contributed by atoms with van der Waals surface area (Å²) < 4.78 is 44.5. The number of benzene rings is 1. The van der Waals surface area contributed by atoms with E-state index >= 15 is 0 Å². The van der Waals surface area contributed by atoms with Gasteiger partial charge in [-0.3, -0.25) is 9.48 Å².